The van der Waals surface area contributed by atoms with Crippen molar-refractivity contribution in [1.29, 1.82) is 0 Å². The minimum atomic E-state index is 0.215. The molecule has 0 bridgehead atoms. The van der Waals surface area contributed by atoms with Gasteiger partial charge in [0.2, 0.25) is 5.95 Å². The number of anilines is 2. The van der Waals surface area contributed by atoms with Crippen LogP contribution in [0.3, 0.4) is 0 Å². The van der Waals surface area contributed by atoms with Crippen LogP contribution in [0, 0.1) is 0 Å². The van der Waals surface area contributed by atoms with E-state index in [4.69, 9.17) is 4.42 Å². The van der Waals surface area contributed by atoms with E-state index in [0.29, 0.717) is 5.95 Å². The van der Waals surface area contributed by atoms with E-state index >= 15 is 0 Å². The summed E-state index contributed by atoms with van der Waals surface area (Å²) in [5, 5.41) is 6.44. The molecule has 0 aliphatic heterocycles. The summed E-state index contributed by atoms with van der Waals surface area (Å²) in [7, 11) is 0. The fourth-order valence-electron chi connectivity index (χ4n) is 1.73. The van der Waals surface area contributed by atoms with E-state index in [1.54, 1.807) is 12.5 Å². The van der Waals surface area contributed by atoms with Gasteiger partial charge in [0, 0.05) is 25.2 Å². The molecule has 0 saturated carbocycles. The van der Waals surface area contributed by atoms with Gasteiger partial charge in [-0.2, -0.15) is 4.98 Å². The van der Waals surface area contributed by atoms with Gasteiger partial charge in [-0.05, 0) is 41.9 Å². The first-order chi connectivity index (χ1) is 9.19. The molecule has 0 aromatic carbocycles. The molecule has 2 heterocycles. The average molecular weight is 325 g/mol. The van der Waals surface area contributed by atoms with Crippen LogP contribution >= 0.6 is 15.9 Å². The normalized spacial score (nSPS) is 12.2. The maximum absolute atomic E-state index is 5.34. The van der Waals surface area contributed by atoms with E-state index in [1.165, 1.54) is 0 Å². The van der Waals surface area contributed by atoms with Crippen LogP contribution in [0.1, 0.15) is 19.6 Å². The lowest BCUT2D eigenvalue weighted by molar-refractivity contribution is 0.497. The lowest BCUT2D eigenvalue weighted by Gasteiger charge is -2.15. The van der Waals surface area contributed by atoms with Gasteiger partial charge in [0.15, 0.2) is 0 Å². The van der Waals surface area contributed by atoms with Crippen molar-refractivity contribution < 1.29 is 4.42 Å². The van der Waals surface area contributed by atoms with Crippen LogP contribution in [0.2, 0.25) is 0 Å². The average Bonchev–Trinajstić information content (AvgIpc) is 2.86. The summed E-state index contributed by atoms with van der Waals surface area (Å²) < 4.78 is 6.19. The Morgan fingerprint density at radius 3 is 3.00 bits per heavy atom. The van der Waals surface area contributed by atoms with Crippen molar-refractivity contribution in [3.8, 4) is 0 Å². The van der Waals surface area contributed by atoms with Crippen LogP contribution in [-0.2, 0) is 6.42 Å². The third-order valence-electron chi connectivity index (χ3n) is 2.55. The van der Waals surface area contributed by atoms with Gasteiger partial charge < -0.3 is 15.1 Å². The van der Waals surface area contributed by atoms with Crippen LogP contribution < -0.4 is 10.6 Å². The van der Waals surface area contributed by atoms with Crippen molar-refractivity contribution in [2.45, 2.75) is 26.3 Å². The van der Waals surface area contributed by atoms with Gasteiger partial charge in [0.1, 0.15) is 11.6 Å². The Morgan fingerprint density at radius 2 is 2.32 bits per heavy atom. The lowest BCUT2D eigenvalue weighted by atomic mass is 10.2. The molecule has 5 nitrogen and oxygen atoms in total. The summed E-state index contributed by atoms with van der Waals surface area (Å²) in [4.78, 5) is 8.60. The molecule has 0 aliphatic carbocycles. The van der Waals surface area contributed by atoms with Crippen LogP contribution in [-0.4, -0.2) is 22.6 Å². The summed E-state index contributed by atoms with van der Waals surface area (Å²) in [5.74, 6) is 2.36. The zero-order valence-electron chi connectivity index (χ0n) is 11.0. The summed E-state index contributed by atoms with van der Waals surface area (Å²) in [6.45, 7) is 4.89. The Balaban J connectivity index is 2.02. The van der Waals surface area contributed by atoms with Crippen molar-refractivity contribution in [3.05, 3.63) is 34.8 Å². The first-order valence-corrected chi connectivity index (χ1v) is 7.03. The molecule has 6 heteroatoms. The SMILES string of the molecule is CCNc1ncc(Br)c(NC(C)Cc2ccco2)n1. The molecule has 0 amide bonds. The third-order valence-corrected chi connectivity index (χ3v) is 3.13. The smallest absolute Gasteiger partial charge is 0.224 e. The second kappa shape index (κ2) is 6.56. The van der Waals surface area contributed by atoms with Crippen molar-refractivity contribution in [2.75, 3.05) is 17.2 Å². The van der Waals surface area contributed by atoms with Crippen LogP contribution in [0.15, 0.2) is 33.5 Å². The standard InChI is InChI=1S/C13H17BrN4O/c1-3-15-13-16-8-11(14)12(18-13)17-9(2)7-10-5-4-6-19-10/h4-6,8-9H,3,7H2,1-2H3,(H2,15,16,17,18). The maximum atomic E-state index is 5.34. The fourth-order valence-corrected chi connectivity index (χ4v) is 2.03. The van der Waals surface area contributed by atoms with Crippen LogP contribution in [0.25, 0.3) is 0 Å². The summed E-state index contributed by atoms with van der Waals surface area (Å²) in [5.41, 5.74) is 0. The van der Waals surface area contributed by atoms with E-state index in [-0.39, 0.29) is 6.04 Å². The van der Waals surface area contributed by atoms with Gasteiger partial charge in [0.05, 0.1) is 10.7 Å². The number of halogens is 1. The third kappa shape index (κ3) is 3.96. The van der Waals surface area contributed by atoms with Gasteiger partial charge in [-0.3, -0.25) is 0 Å². The summed E-state index contributed by atoms with van der Waals surface area (Å²) >= 11 is 3.45. The molecular weight excluding hydrogens is 308 g/mol. The van der Waals surface area contributed by atoms with Gasteiger partial charge in [0.25, 0.3) is 0 Å². The molecule has 1 unspecified atom stereocenters. The van der Waals surface area contributed by atoms with Crippen molar-refractivity contribution in [3.63, 3.8) is 0 Å². The highest BCUT2D eigenvalue weighted by molar-refractivity contribution is 9.10. The first kappa shape index (κ1) is 13.9. The molecule has 0 fully saturated rings. The number of rotatable bonds is 6. The molecule has 2 N–H and O–H groups in total. The minimum absolute atomic E-state index is 0.215. The number of furan rings is 1. The van der Waals surface area contributed by atoms with Gasteiger partial charge in [-0.15, -0.1) is 0 Å². The number of nitrogens with one attached hydrogen (secondary N) is 2. The lowest BCUT2D eigenvalue weighted by Crippen LogP contribution is -2.19. The zero-order valence-corrected chi connectivity index (χ0v) is 12.6. The van der Waals surface area contributed by atoms with Gasteiger partial charge in [-0.1, -0.05) is 0 Å². The van der Waals surface area contributed by atoms with Gasteiger partial charge >= 0.3 is 0 Å². The van der Waals surface area contributed by atoms with E-state index in [1.807, 2.05) is 19.1 Å². The number of hydrogen-bond donors (Lipinski definition) is 2. The maximum Gasteiger partial charge on any atom is 0.224 e. The molecule has 0 aliphatic rings. The first-order valence-electron chi connectivity index (χ1n) is 6.24. The molecule has 2 aromatic heterocycles. The topological polar surface area (TPSA) is 63.0 Å². The molecule has 19 heavy (non-hydrogen) atoms. The second-order valence-corrected chi connectivity index (χ2v) is 5.10. The minimum Gasteiger partial charge on any atom is -0.469 e. The molecule has 2 aromatic rings. The molecule has 0 spiro atoms. The Morgan fingerprint density at radius 1 is 1.47 bits per heavy atom. The molecular formula is C13H17BrN4O. The van der Waals surface area contributed by atoms with Crippen molar-refractivity contribution in [2.24, 2.45) is 0 Å². The zero-order chi connectivity index (χ0) is 13.7. The fraction of sp³-hybridized carbons (Fsp3) is 0.385. The number of hydrogen-bond acceptors (Lipinski definition) is 5. The van der Waals surface area contributed by atoms with Crippen LogP contribution in [0.4, 0.5) is 11.8 Å². The Bertz CT molecular complexity index is 515. The van der Waals surface area contributed by atoms with Crippen molar-refractivity contribution >= 4 is 27.7 Å². The highest BCUT2D eigenvalue weighted by atomic mass is 79.9. The number of nitrogens with zero attached hydrogens (tertiary/aromatic N) is 2. The van der Waals surface area contributed by atoms with E-state index < -0.39 is 0 Å². The molecule has 2 rings (SSSR count). The Kier molecular flexibility index (Phi) is 4.79. The van der Waals surface area contributed by atoms with Crippen molar-refractivity contribution in [1.82, 2.24) is 9.97 Å². The van der Waals surface area contributed by atoms with E-state index in [9.17, 15) is 0 Å². The molecule has 0 radical (unpaired) electrons. The quantitative estimate of drug-likeness (QED) is 0.853. The highest BCUT2D eigenvalue weighted by Gasteiger charge is 2.10. The van der Waals surface area contributed by atoms with E-state index in [2.05, 4.69) is 43.5 Å². The number of aromatic nitrogens is 2. The molecule has 1 atom stereocenters. The molecule has 102 valence electrons. The van der Waals surface area contributed by atoms with E-state index in [0.717, 1.165) is 29.0 Å². The Hall–Kier alpha value is -1.56. The second-order valence-electron chi connectivity index (χ2n) is 4.25. The van der Waals surface area contributed by atoms with Gasteiger partial charge in [-0.25, -0.2) is 4.98 Å². The highest BCUT2D eigenvalue weighted by Crippen LogP contribution is 2.21. The summed E-state index contributed by atoms with van der Waals surface area (Å²) in [6, 6.07) is 4.08. The van der Waals surface area contributed by atoms with Crippen LogP contribution in [0.5, 0.6) is 0 Å². The molecule has 0 saturated heterocycles. The predicted octanol–water partition coefficient (Wildman–Crippen LogP) is 3.31. The summed E-state index contributed by atoms with van der Waals surface area (Å²) in [6.07, 6.45) is 4.23. The monoisotopic (exact) mass is 324 g/mol. The predicted molar refractivity (Wildman–Crippen MR) is 79.4 cm³/mol. The Labute approximate surface area is 121 Å². The largest absolute Gasteiger partial charge is 0.469 e.